The topological polar surface area (TPSA) is 64.7 Å². The maximum absolute atomic E-state index is 12.4. The van der Waals surface area contributed by atoms with Gasteiger partial charge in [-0.05, 0) is 30.7 Å². The van der Waals surface area contributed by atoms with Crippen LogP contribution in [0.2, 0.25) is 0 Å². The number of rotatable bonds is 4. The first kappa shape index (κ1) is 18.8. The van der Waals surface area contributed by atoms with E-state index < -0.39 is 0 Å². The van der Waals surface area contributed by atoms with Gasteiger partial charge in [0.15, 0.2) is 0 Å². The second kappa shape index (κ2) is 8.58. The molecular formula is C21H26N4O2. The Bertz CT molecular complexity index is 813. The summed E-state index contributed by atoms with van der Waals surface area (Å²) < 4.78 is 0. The lowest BCUT2D eigenvalue weighted by atomic mass is 10.1. The molecule has 6 heteroatoms. The van der Waals surface area contributed by atoms with E-state index >= 15 is 0 Å². The molecule has 3 amide bonds. The van der Waals surface area contributed by atoms with Crippen molar-refractivity contribution in [1.82, 2.24) is 10.2 Å². The number of urea groups is 1. The Labute approximate surface area is 160 Å². The van der Waals surface area contributed by atoms with Crippen LogP contribution in [0, 0.1) is 6.92 Å². The van der Waals surface area contributed by atoms with Crippen LogP contribution >= 0.6 is 0 Å². The van der Waals surface area contributed by atoms with Crippen LogP contribution in [-0.2, 0) is 11.3 Å². The van der Waals surface area contributed by atoms with Gasteiger partial charge in [-0.1, -0.05) is 35.9 Å². The average Bonchev–Trinajstić information content (AvgIpc) is 2.66. The monoisotopic (exact) mass is 366 g/mol. The van der Waals surface area contributed by atoms with Gasteiger partial charge in [0.2, 0.25) is 5.91 Å². The van der Waals surface area contributed by atoms with Gasteiger partial charge in [0.25, 0.3) is 0 Å². The molecule has 1 fully saturated rings. The summed E-state index contributed by atoms with van der Waals surface area (Å²) in [6.45, 7) is 6.96. The molecule has 2 N–H and O–H groups in total. The molecular weight excluding hydrogens is 340 g/mol. The van der Waals surface area contributed by atoms with Crippen molar-refractivity contribution in [3.05, 3.63) is 59.7 Å². The highest BCUT2D eigenvalue weighted by molar-refractivity contribution is 5.89. The Hall–Kier alpha value is -3.02. The highest BCUT2D eigenvalue weighted by Gasteiger charge is 2.21. The van der Waals surface area contributed by atoms with Crippen LogP contribution in [0.5, 0.6) is 0 Å². The Morgan fingerprint density at radius 3 is 2.44 bits per heavy atom. The summed E-state index contributed by atoms with van der Waals surface area (Å²) in [5, 5.41) is 5.81. The molecule has 2 aromatic carbocycles. The van der Waals surface area contributed by atoms with Crippen LogP contribution in [0.3, 0.4) is 0 Å². The lowest BCUT2D eigenvalue weighted by Crippen LogP contribution is -2.51. The summed E-state index contributed by atoms with van der Waals surface area (Å²) in [6.07, 6.45) is 0. The molecule has 1 aliphatic heterocycles. The standard InChI is InChI=1S/C21H26N4O2/c1-16-5-3-6-18(13-16)15-22-21(27)25-11-9-24(10-12-25)20-8-4-7-19(14-20)23-17(2)26/h3-8,13-14H,9-12,15H2,1-2H3,(H,22,27)(H,23,26). The number of hydrogen-bond acceptors (Lipinski definition) is 3. The fourth-order valence-electron chi connectivity index (χ4n) is 3.26. The first-order valence-corrected chi connectivity index (χ1v) is 9.22. The van der Waals surface area contributed by atoms with Gasteiger partial charge >= 0.3 is 6.03 Å². The Balaban J connectivity index is 1.51. The van der Waals surface area contributed by atoms with Crippen molar-refractivity contribution in [1.29, 1.82) is 0 Å². The van der Waals surface area contributed by atoms with E-state index in [1.165, 1.54) is 12.5 Å². The Morgan fingerprint density at radius 1 is 1.00 bits per heavy atom. The van der Waals surface area contributed by atoms with Gasteiger partial charge in [0, 0.05) is 51.0 Å². The molecule has 0 saturated carbocycles. The zero-order valence-corrected chi connectivity index (χ0v) is 15.9. The SMILES string of the molecule is CC(=O)Nc1cccc(N2CCN(C(=O)NCc3cccc(C)c3)CC2)c1. The predicted octanol–water partition coefficient (Wildman–Crippen LogP) is 2.99. The van der Waals surface area contributed by atoms with E-state index in [1.807, 2.05) is 54.3 Å². The van der Waals surface area contributed by atoms with Gasteiger partial charge in [-0.3, -0.25) is 4.79 Å². The fraction of sp³-hybridized carbons (Fsp3) is 0.333. The van der Waals surface area contributed by atoms with Crippen molar-refractivity contribution in [2.24, 2.45) is 0 Å². The second-order valence-corrected chi connectivity index (χ2v) is 6.85. The first-order valence-electron chi connectivity index (χ1n) is 9.22. The van der Waals surface area contributed by atoms with Crippen LogP contribution in [0.25, 0.3) is 0 Å². The summed E-state index contributed by atoms with van der Waals surface area (Å²) in [5.74, 6) is -0.0812. The third-order valence-corrected chi connectivity index (χ3v) is 4.62. The zero-order chi connectivity index (χ0) is 19.2. The van der Waals surface area contributed by atoms with Gasteiger partial charge in [-0.15, -0.1) is 0 Å². The van der Waals surface area contributed by atoms with Crippen molar-refractivity contribution in [3.8, 4) is 0 Å². The van der Waals surface area contributed by atoms with Crippen molar-refractivity contribution in [3.63, 3.8) is 0 Å². The first-order chi connectivity index (χ1) is 13.0. The van der Waals surface area contributed by atoms with Crippen molar-refractivity contribution in [2.75, 3.05) is 36.4 Å². The van der Waals surface area contributed by atoms with Gasteiger partial charge in [-0.2, -0.15) is 0 Å². The van der Waals surface area contributed by atoms with Crippen molar-refractivity contribution in [2.45, 2.75) is 20.4 Å². The zero-order valence-electron chi connectivity index (χ0n) is 15.9. The molecule has 3 rings (SSSR count). The van der Waals surface area contributed by atoms with Gasteiger partial charge in [0.05, 0.1) is 0 Å². The molecule has 2 aromatic rings. The number of benzene rings is 2. The highest BCUT2D eigenvalue weighted by atomic mass is 16.2. The van der Waals surface area contributed by atoms with Gasteiger partial charge in [-0.25, -0.2) is 4.79 Å². The van der Waals surface area contributed by atoms with Crippen LogP contribution < -0.4 is 15.5 Å². The van der Waals surface area contributed by atoms with E-state index in [0.29, 0.717) is 19.6 Å². The minimum atomic E-state index is -0.0812. The number of nitrogens with one attached hydrogen (secondary N) is 2. The number of piperazine rings is 1. The lowest BCUT2D eigenvalue weighted by Gasteiger charge is -2.36. The molecule has 0 unspecified atom stereocenters. The average molecular weight is 366 g/mol. The number of aryl methyl sites for hydroxylation is 1. The van der Waals surface area contributed by atoms with Crippen LogP contribution in [0.1, 0.15) is 18.1 Å². The van der Waals surface area contributed by atoms with Gasteiger partial charge < -0.3 is 20.4 Å². The molecule has 1 heterocycles. The molecule has 1 aliphatic rings. The molecule has 0 aliphatic carbocycles. The van der Waals surface area contributed by atoms with E-state index in [2.05, 4.69) is 21.6 Å². The molecule has 0 spiro atoms. The van der Waals surface area contributed by atoms with Crippen LogP contribution in [-0.4, -0.2) is 43.0 Å². The normalized spacial score (nSPS) is 14.0. The second-order valence-electron chi connectivity index (χ2n) is 6.85. The third kappa shape index (κ3) is 5.23. The summed E-state index contributed by atoms with van der Waals surface area (Å²) in [7, 11) is 0. The van der Waals surface area contributed by atoms with E-state index in [-0.39, 0.29) is 11.9 Å². The minimum absolute atomic E-state index is 0.0249. The molecule has 0 bridgehead atoms. The highest BCUT2D eigenvalue weighted by Crippen LogP contribution is 2.21. The predicted molar refractivity (Wildman–Crippen MR) is 108 cm³/mol. The van der Waals surface area contributed by atoms with Gasteiger partial charge in [0.1, 0.15) is 0 Å². The molecule has 142 valence electrons. The molecule has 27 heavy (non-hydrogen) atoms. The number of carbonyl (C=O) groups excluding carboxylic acids is 2. The fourth-order valence-corrected chi connectivity index (χ4v) is 3.26. The van der Waals surface area contributed by atoms with Crippen LogP contribution in [0.15, 0.2) is 48.5 Å². The number of nitrogens with zero attached hydrogens (tertiary/aromatic N) is 2. The Morgan fingerprint density at radius 2 is 1.74 bits per heavy atom. The summed E-state index contributed by atoms with van der Waals surface area (Å²) in [4.78, 5) is 27.7. The van der Waals surface area contributed by atoms with E-state index in [9.17, 15) is 9.59 Å². The maximum Gasteiger partial charge on any atom is 0.317 e. The smallest absolute Gasteiger partial charge is 0.317 e. The molecule has 0 atom stereocenters. The molecule has 1 saturated heterocycles. The number of carbonyl (C=O) groups is 2. The van der Waals surface area contributed by atoms with Crippen molar-refractivity contribution < 1.29 is 9.59 Å². The summed E-state index contributed by atoms with van der Waals surface area (Å²) in [6, 6.07) is 15.9. The quantitative estimate of drug-likeness (QED) is 0.874. The Kier molecular flexibility index (Phi) is 5.96. The van der Waals surface area contributed by atoms with E-state index in [1.54, 1.807) is 0 Å². The minimum Gasteiger partial charge on any atom is -0.368 e. The maximum atomic E-state index is 12.4. The van der Waals surface area contributed by atoms with E-state index in [4.69, 9.17) is 0 Å². The third-order valence-electron chi connectivity index (χ3n) is 4.62. The number of anilines is 2. The number of hydrogen-bond donors (Lipinski definition) is 2. The van der Waals surface area contributed by atoms with Crippen molar-refractivity contribution >= 4 is 23.3 Å². The summed E-state index contributed by atoms with van der Waals surface area (Å²) in [5.41, 5.74) is 4.15. The largest absolute Gasteiger partial charge is 0.368 e. The lowest BCUT2D eigenvalue weighted by molar-refractivity contribution is -0.114. The number of amides is 3. The summed E-state index contributed by atoms with van der Waals surface area (Å²) >= 11 is 0. The van der Waals surface area contributed by atoms with Crippen LogP contribution in [0.4, 0.5) is 16.2 Å². The molecule has 6 nitrogen and oxygen atoms in total. The van der Waals surface area contributed by atoms with E-state index in [0.717, 1.165) is 30.0 Å². The molecule has 0 radical (unpaired) electrons. The molecule has 0 aromatic heterocycles.